The van der Waals surface area contributed by atoms with Crippen LogP contribution in [-0.2, 0) is 6.54 Å². The van der Waals surface area contributed by atoms with Gasteiger partial charge in [-0.05, 0) is 13.0 Å². The topological polar surface area (TPSA) is 77.8 Å². The Bertz CT molecular complexity index is 752. The van der Waals surface area contributed by atoms with Crippen molar-refractivity contribution in [3.63, 3.8) is 0 Å². The second-order valence-corrected chi connectivity index (χ2v) is 4.19. The van der Waals surface area contributed by atoms with Gasteiger partial charge in [0.15, 0.2) is 11.5 Å². The number of benzene rings is 1. The molecule has 1 N–H and O–H groups in total. The van der Waals surface area contributed by atoms with Gasteiger partial charge in [0.2, 0.25) is 12.2 Å². The molecule has 20 heavy (non-hydrogen) atoms. The highest BCUT2D eigenvalue weighted by atomic mass is 32.1. The standard InChI is InChI=1S/C13H11NO5.H2S/c1-2-14-5-8(13(16)17)12(15)7-3-10-11(4-9(7)14)19-6-18-10;/h3-5H,2,6H2,1H3,(H,16,17);1H2. The van der Waals surface area contributed by atoms with E-state index in [1.807, 2.05) is 6.92 Å². The first-order valence-corrected chi connectivity index (χ1v) is 5.82. The second-order valence-electron chi connectivity index (χ2n) is 4.19. The van der Waals surface area contributed by atoms with Crippen LogP contribution in [0.5, 0.6) is 11.5 Å². The van der Waals surface area contributed by atoms with Crippen molar-refractivity contribution in [1.82, 2.24) is 4.57 Å². The van der Waals surface area contributed by atoms with Crippen LogP contribution in [0, 0.1) is 0 Å². The van der Waals surface area contributed by atoms with Gasteiger partial charge in [-0.2, -0.15) is 13.5 Å². The predicted molar refractivity (Wildman–Crippen MR) is 77.3 cm³/mol. The highest BCUT2D eigenvalue weighted by Crippen LogP contribution is 2.35. The van der Waals surface area contributed by atoms with Gasteiger partial charge in [-0.3, -0.25) is 4.79 Å². The normalized spacial score (nSPS) is 12.2. The van der Waals surface area contributed by atoms with Gasteiger partial charge in [0.1, 0.15) is 5.56 Å². The molecule has 0 atom stereocenters. The highest BCUT2D eigenvalue weighted by molar-refractivity contribution is 7.59. The number of carboxylic acid groups (broad SMARTS) is 1. The minimum Gasteiger partial charge on any atom is -0.477 e. The fourth-order valence-corrected chi connectivity index (χ4v) is 2.19. The molecule has 1 aliphatic heterocycles. The maximum Gasteiger partial charge on any atom is 0.341 e. The van der Waals surface area contributed by atoms with Gasteiger partial charge in [-0.15, -0.1) is 0 Å². The number of aromatic nitrogens is 1. The zero-order valence-corrected chi connectivity index (χ0v) is 11.7. The number of hydrogen-bond acceptors (Lipinski definition) is 4. The number of ether oxygens (including phenoxy) is 2. The molecule has 7 heteroatoms. The van der Waals surface area contributed by atoms with Crippen LogP contribution < -0.4 is 14.9 Å². The van der Waals surface area contributed by atoms with Gasteiger partial charge >= 0.3 is 5.97 Å². The summed E-state index contributed by atoms with van der Waals surface area (Å²) in [5.41, 5.74) is -0.111. The molecule has 1 aliphatic rings. The summed E-state index contributed by atoms with van der Waals surface area (Å²) in [5.74, 6) is -0.196. The molecule has 2 aromatic rings. The number of fused-ring (bicyclic) bond motifs is 2. The van der Waals surface area contributed by atoms with E-state index in [0.29, 0.717) is 28.9 Å². The van der Waals surface area contributed by atoms with Gasteiger partial charge in [-0.25, -0.2) is 4.79 Å². The molecule has 0 saturated heterocycles. The van der Waals surface area contributed by atoms with Gasteiger partial charge in [0.05, 0.1) is 10.9 Å². The Morgan fingerprint density at radius 2 is 2.00 bits per heavy atom. The summed E-state index contributed by atoms with van der Waals surface area (Å²) in [6.45, 7) is 2.54. The lowest BCUT2D eigenvalue weighted by molar-refractivity contribution is 0.0695. The number of aromatic carboxylic acids is 1. The van der Waals surface area contributed by atoms with E-state index in [9.17, 15) is 9.59 Å². The van der Waals surface area contributed by atoms with E-state index in [1.165, 1.54) is 6.20 Å². The summed E-state index contributed by atoms with van der Waals surface area (Å²) in [6, 6.07) is 3.24. The molecular weight excluding hydrogens is 282 g/mol. The van der Waals surface area contributed by atoms with Crippen LogP contribution in [0.2, 0.25) is 0 Å². The molecule has 0 radical (unpaired) electrons. The third-order valence-electron chi connectivity index (χ3n) is 3.15. The molecular formula is C13H13NO5S. The van der Waals surface area contributed by atoms with E-state index in [4.69, 9.17) is 14.6 Å². The van der Waals surface area contributed by atoms with E-state index in [0.717, 1.165) is 0 Å². The van der Waals surface area contributed by atoms with Crippen LogP contribution in [0.15, 0.2) is 23.1 Å². The van der Waals surface area contributed by atoms with Crippen molar-refractivity contribution in [2.75, 3.05) is 6.79 Å². The highest BCUT2D eigenvalue weighted by Gasteiger charge is 2.20. The van der Waals surface area contributed by atoms with Crippen LogP contribution in [0.1, 0.15) is 17.3 Å². The van der Waals surface area contributed by atoms with Crippen LogP contribution in [0.25, 0.3) is 10.9 Å². The Hall–Kier alpha value is -2.15. The minimum atomic E-state index is -1.23. The molecule has 2 heterocycles. The number of nitrogens with zero attached hydrogens (tertiary/aromatic N) is 1. The summed E-state index contributed by atoms with van der Waals surface area (Å²) in [5, 5.41) is 9.39. The van der Waals surface area contributed by atoms with Crippen molar-refractivity contribution in [1.29, 1.82) is 0 Å². The average molecular weight is 295 g/mol. The molecule has 106 valence electrons. The van der Waals surface area contributed by atoms with Gasteiger partial charge < -0.3 is 19.1 Å². The molecule has 0 spiro atoms. The molecule has 0 saturated carbocycles. The smallest absolute Gasteiger partial charge is 0.341 e. The number of pyridine rings is 1. The number of hydrogen-bond donors (Lipinski definition) is 1. The lowest BCUT2D eigenvalue weighted by Crippen LogP contribution is -2.18. The summed E-state index contributed by atoms with van der Waals surface area (Å²) in [7, 11) is 0. The zero-order valence-electron chi connectivity index (χ0n) is 10.7. The first-order valence-electron chi connectivity index (χ1n) is 5.82. The fourth-order valence-electron chi connectivity index (χ4n) is 2.19. The third kappa shape index (κ3) is 2.00. The van der Waals surface area contributed by atoms with Crippen molar-refractivity contribution in [2.45, 2.75) is 13.5 Å². The number of rotatable bonds is 2. The van der Waals surface area contributed by atoms with E-state index < -0.39 is 11.4 Å². The summed E-state index contributed by atoms with van der Waals surface area (Å²) < 4.78 is 12.2. The molecule has 1 aromatic heterocycles. The predicted octanol–water partition coefficient (Wildman–Crippen LogP) is 1.56. The maximum absolute atomic E-state index is 12.1. The third-order valence-corrected chi connectivity index (χ3v) is 3.15. The SMILES string of the molecule is CCn1cc(C(=O)O)c(=O)c2cc3c(cc21)OCO3.S. The fraction of sp³-hybridized carbons (Fsp3) is 0.231. The van der Waals surface area contributed by atoms with Gasteiger partial charge in [0.25, 0.3) is 0 Å². The van der Waals surface area contributed by atoms with E-state index >= 15 is 0 Å². The summed E-state index contributed by atoms with van der Waals surface area (Å²) in [6.07, 6.45) is 1.36. The molecule has 0 unspecified atom stereocenters. The Labute approximate surface area is 121 Å². The molecule has 0 aliphatic carbocycles. The molecule has 6 nitrogen and oxygen atoms in total. The summed E-state index contributed by atoms with van der Waals surface area (Å²) in [4.78, 5) is 23.2. The van der Waals surface area contributed by atoms with Gasteiger partial charge in [0, 0.05) is 18.8 Å². The van der Waals surface area contributed by atoms with Crippen molar-refractivity contribution in [2.24, 2.45) is 0 Å². The van der Waals surface area contributed by atoms with Crippen molar-refractivity contribution < 1.29 is 19.4 Å². The molecule has 0 amide bonds. The van der Waals surface area contributed by atoms with Crippen LogP contribution in [-0.4, -0.2) is 22.4 Å². The lowest BCUT2D eigenvalue weighted by atomic mass is 10.1. The Kier molecular flexibility index (Phi) is 3.63. The van der Waals surface area contributed by atoms with Crippen LogP contribution in [0.4, 0.5) is 0 Å². The second kappa shape index (κ2) is 5.09. The molecule has 0 fully saturated rings. The quantitative estimate of drug-likeness (QED) is 0.909. The number of carboxylic acids is 1. The Balaban J connectivity index is 0.00000147. The number of aryl methyl sites for hydroxylation is 1. The van der Waals surface area contributed by atoms with Crippen molar-refractivity contribution >= 4 is 30.4 Å². The summed E-state index contributed by atoms with van der Waals surface area (Å²) >= 11 is 0. The van der Waals surface area contributed by atoms with Crippen molar-refractivity contribution in [3.05, 3.63) is 34.1 Å². The Morgan fingerprint density at radius 3 is 2.60 bits per heavy atom. The molecule has 3 rings (SSSR count). The molecule has 0 bridgehead atoms. The van der Waals surface area contributed by atoms with Crippen LogP contribution >= 0.6 is 13.5 Å². The number of carbonyl (C=O) groups is 1. The minimum absolute atomic E-state index is 0. The maximum atomic E-state index is 12.1. The lowest BCUT2D eigenvalue weighted by Gasteiger charge is -2.10. The van der Waals surface area contributed by atoms with E-state index in [2.05, 4.69) is 0 Å². The molecule has 1 aromatic carbocycles. The van der Waals surface area contributed by atoms with E-state index in [1.54, 1.807) is 16.7 Å². The monoisotopic (exact) mass is 295 g/mol. The Morgan fingerprint density at radius 1 is 1.35 bits per heavy atom. The van der Waals surface area contributed by atoms with Gasteiger partial charge in [-0.1, -0.05) is 0 Å². The largest absolute Gasteiger partial charge is 0.477 e. The average Bonchev–Trinajstić information content (AvgIpc) is 2.84. The first-order chi connectivity index (χ1) is 9.11. The zero-order chi connectivity index (χ0) is 13.6. The first kappa shape index (κ1) is 14.3. The van der Waals surface area contributed by atoms with Crippen LogP contribution in [0.3, 0.4) is 0 Å². The van der Waals surface area contributed by atoms with Crippen molar-refractivity contribution in [3.8, 4) is 11.5 Å². The van der Waals surface area contributed by atoms with E-state index in [-0.39, 0.29) is 25.9 Å².